The number of amides is 2. The van der Waals surface area contributed by atoms with E-state index in [2.05, 4.69) is 17.2 Å². The fourth-order valence-electron chi connectivity index (χ4n) is 4.98. The number of phenols is 2. The highest BCUT2D eigenvalue weighted by Gasteiger charge is 2.30. The van der Waals surface area contributed by atoms with Crippen molar-refractivity contribution < 1.29 is 39.1 Å². The van der Waals surface area contributed by atoms with Gasteiger partial charge in [0.1, 0.15) is 17.6 Å². The summed E-state index contributed by atoms with van der Waals surface area (Å²) < 4.78 is 16.6. The van der Waals surface area contributed by atoms with Gasteiger partial charge in [-0.15, -0.1) is 19.0 Å². The van der Waals surface area contributed by atoms with Crippen molar-refractivity contribution >= 4 is 35.8 Å². The molecule has 2 bridgehead atoms. The molecule has 1 aliphatic rings. The molecule has 2 rings (SSSR count). The van der Waals surface area contributed by atoms with E-state index in [0.29, 0.717) is 41.8 Å². The minimum absolute atomic E-state index is 0. The van der Waals surface area contributed by atoms with Gasteiger partial charge in [-0.2, -0.15) is 0 Å². The van der Waals surface area contributed by atoms with Crippen molar-refractivity contribution in [1.29, 1.82) is 0 Å². The Labute approximate surface area is 259 Å². The number of primary amides is 1. The number of anilines is 2. The van der Waals surface area contributed by atoms with E-state index in [1.165, 1.54) is 26.4 Å². The Morgan fingerprint density at radius 2 is 1.91 bits per heavy atom. The summed E-state index contributed by atoms with van der Waals surface area (Å²) in [5.41, 5.74) is 7.01. The van der Waals surface area contributed by atoms with E-state index in [1.807, 2.05) is 13.8 Å². The van der Waals surface area contributed by atoms with Crippen LogP contribution in [0.2, 0.25) is 0 Å². The third-order valence-corrected chi connectivity index (χ3v) is 7.25. The lowest BCUT2D eigenvalue weighted by molar-refractivity contribution is -0.112. The number of allylic oxidation sites excluding steroid dienone is 2. The SMILES string of the molecule is C=CCNc1c(O)cc2c(O)c1C[C@@H](C)C[C@H](OC)[C@H](O)[C@@H](C)C=C(C)[C@H](OC(N)=O)C(OC)C=CC=C(C)C(=O)N2.Cl. The summed E-state index contributed by atoms with van der Waals surface area (Å²) in [6, 6.07) is 1.28. The quantitative estimate of drug-likeness (QED) is 0.151. The second-order valence-electron chi connectivity index (χ2n) is 10.6. The van der Waals surface area contributed by atoms with Gasteiger partial charge in [0.2, 0.25) is 0 Å². The molecule has 1 aromatic rings. The van der Waals surface area contributed by atoms with Gasteiger partial charge in [0, 0.05) is 43.9 Å². The Morgan fingerprint density at radius 3 is 2.49 bits per heavy atom. The van der Waals surface area contributed by atoms with Gasteiger partial charge in [0.05, 0.1) is 23.6 Å². The molecule has 6 atom stereocenters. The molecule has 7 N–H and O–H groups in total. The van der Waals surface area contributed by atoms with Gasteiger partial charge in [-0.3, -0.25) is 4.79 Å². The van der Waals surface area contributed by atoms with Gasteiger partial charge in [-0.1, -0.05) is 44.2 Å². The summed E-state index contributed by atoms with van der Waals surface area (Å²) in [6.45, 7) is 11.1. The van der Waals surface area contributed by atoms with Crippen molar-refractivity contribution in [3.63, 3.8) is 0 Å². The van der Waals surface area contributed by atoms with E-state index in [-0.39, 0.29) is 35.5 Å². The number of nitrogens with two attached hydrogens (primary N) is 1. The normalized spacial score (nSPS) is 25.4. The van der Waals surface area contributed by atoms with E-state index in [0.717, 1.165) is 0 Å². The number of aliphatic hydroxyl groups excluding tert-OH is 1. The molecule has 43 heavy (non-hydrogen) atoms. The van der Waals surface area contributed by atoms with Crippen molar-refractivity contribution in [3.8, 4) is 11.5 Å². The molecule has 1 unspecified atom stereocenters. The minimum Gasteiger partial charge on any atom is -0.506 e. The maximum atomic E-state index is 13.0. The van der Waals surface area contributed by atoms with Gasteiger partial charge in [-0.25, -0.2) is 4.79 Å². The van der Waals surface area contributed by atoms with Crippen LogP contribution in [0.5, 0.6) is 11.5 Å². The molecule has 0 saturated carbocycles. The van der Waals surface area contributed by atoms with Crippen molar-refractivity contribution in [1.82, 2.24) is 0 Å². The number of aliphatic hydroxyl groups is 1. The molecule has 0 aliphatic carbocycles. The standard InChI is InChI=1S/C31H45N3O8.ClH/c1-8-12-33-26-21-13-17(2)14-25(41-7)27(36)19(4)15-20(5)29(42-31(32)39)24(40-6)11-9-10-18(3)30(38)34-22(28(21)37)16-23(26)35;/h8-11,15-17,19,24-25,27,29,33,35-37H,1,12-14H2,2-7H3,(H2,32,39)(H,34,38);1H/t17-,19+,24?,25+,27-,29+;/m1./s1. The Kier molecular flexibility index (Phi) is 15.3. The Bertz CT molecular complexity index is 1220. The molecular weight excluding hydrogens is 578 g/mol. The fourth-order valence-corrected chi connectivity index (χ4v) is 4.98. The van der Waals surface area contributed by atoms with E-state index in [9.17, 15) is 24.9 Å². The van der Waals surface area contributed by atoms with Crippen LogP contribution in [-0.2, 0) is 25.4 Å². The molecule has 12 heteroatoms. The number of fused-ring (bicyclic) bond motifs is 2. The fraction of sp³-hybridized carbons (Fsp3) is 0.484. The topological polar surface area (TPSA) is 173 Å². The lowest BCUT2D eigenvalue weighted by Gasteiger charge is -2.29. The number of phenolic OH excluding ortho intramolecular Hbond substituents is 2. The molecular formula is C31H46ClN3O8. The van der Waals surface area contributed by atoms with Crippen LogP contribution in [-0.4, -0.2) is 72.5 Å². The van der Waals surface area contributed by atoms with Gasteiger partial charge < -0.3 is 45.9 Å². The number of hydrogen-bond donors (Lipinski definition) is 6. The molecule has 2 amide bonds. The number of rotatable bonds is 6. The van der Waals surface area contributed by atoms with E-state index >= 15 is 0 Å². The first-order chi connectivity index (χ1) is 19.8. The molecule has 1 aromatic carbocycles. The number of aromatic hydroxyl groups is 2. The Balaban J connectivity index is 0.00000924. The smallest absolute Gasteiger partial charge is 0.405 e. The number of benzene rings is 1. The zero-order valence-corrected chi connectivity index (χ0v) is 26.4. The molecule has 1 heterocycles. The van der Waals surface area contributed by atoms with Gasteiger partial charge >= 0.3 is 6.09 Å². The zero-order valence-electron chi connectivity index (χ0n) is 25.6. The zero-order chi connectivity index (χ0) is 31.6. The number of carbonyl (C=O) groups is 2. The highest BCUT2D eigenvalue weighted by atomic mass is 35.5. The monoisotopic (exact) mass is 623 g/mol. The van der Waals surface area contributed by atoms with Crippen LogP contribution in [0.3, 0.4) is 0 Å². The molecule has 240 valence electrons. The number of halogens is 1. The average Bonchev–Trinajstić information content (AvgIpc) is 2.94. The number of carbonyl (C=O) groups excluding carboxylic acids is 2. The number of ether oxygens (including phenoxy) is 3. The van der Waals surface area contributed by atoms with Gasteiger partial charge in [0.15, 0.2) is 6.10 Å². The van der Waals surface area contributed by atoms with Crippen molar-refractivity contribution in [3.05, 3.63) is 59.7 Å². The van der Waals surface area contributed by atoms with Crippen molar-refractivity contribution in [2.24, 2.45) is 17.6 Å². The first kappa shape index (κ1) is 37.5. The van der Waals surface area contributed by atoms with Crippen LogP contribution in [0.4, 0.5) is 16.2 Å². The van der Waals surface area contributed by atoms with E-state index in [1.54, 1.807) is 38.2 Å². The van der Waals surface area contributed by atoms with Gasteiger partial charge in [-0.05, 0) is 38.2 Å². The average molecular weight is 624 g/mol. The van der Waals surface area contributed by atoms with E-state index in [4.69, 9.17) is 19.9 Å². The maximum absolute atomic E-state index is 13.0. The third-order valence-electron chi connectivity index (χ3n) is 7.25. The maximum Gasteiger partial charge on any atom is 0.405 e. The number of methoxy groups -OCH3 is 2. The molecule has 0 fully saturated rings. The largest absolute Gasteiger partial charge is 0.506 e. The van der Waals surface area contributed by atoms with Crippen LogP contribution < -0.4 is 16.4 Å². The highest BCUT2D eigenvalue weighted by molar-refractivity contribution is 6.04. The lowest BCUT2D eigenvalue weighted by Crippen LogP contribution is -2.37. The second-order valence-corrected chi connectivity index (χ2v) is 10.6. The minimum atomic E-state index is -0.990. The molecule has 1 aliphatic heterocycles. The molecule has 0 aromatic heterocycles. The Morgan fingerprint density at radius 1 is 1.23 bits per heavy atom. The van der Waals surface area contributed by atoms with Gasteiger partial charge in [0.25, 0.3) is 5.91 Å². The predicted molar refractivity (Wildman–Crippen MR) is 170 cm³/mol. The molecule has 0 saturated heterocycles. The van der Waals surface area contributed by atoms with Crippen LogP contribution in [0.15, 0.2) is 54.2 Å². The summed E-state index contributed by atoms with van der Waals surface area (Å²) in [6.07, 6.45) is 4.64. The summed E-state index contributed by atoms with van der Waals surface area (Å²) in [5.74, 6) is -1.41. The highest BCUT2D eigenvalue weighted by Crippen LogP contribution is 2.42. The molecule has 11 nitrogen and oxygen atoms in total. The Hall–Kier alpha value is -3.51. The predicted octanol–water partition coefficient (Wildman–Crippen LogP) is 4.58. The van der Waals surface area contributed by atoms with Crippen molar-refractivity contribution in [2.75, 3.05) is 31.4 Å². The molecule has 0 spiro atoms. The van der Waals surface area contributed by atoms with Crippen LogP contribution in [0, 0.1) is 11.8 Å². The summed E-state index contributed by atoms with van der Waals surface area (Å²) >= 11 is 0. The number of hydrogen-bond acceptors (Lipinski definition) is 9. The van der Waals surface area contributed by atoms with Crippen LogP contribution >= 0.6 is 12.4 Å². The summed E-state index contributed by atoms with van der Waals surface area (Å²) in [7, 11) is 2.95. The first-order valence-electron chi connectivity index (χ1n) is 13.8. The summed E-state index contributed by atoms with van der Waals surface area (Å²) in [5, 5.41) is 39.1. The van der Waals surface area contributed by atoms with Crippen LogP contribution in [0.1, 0.15) is 39.7 Å². The lowest BCUT2D eigenvalue weighted by atomic mass is 9.87. The van der Waals surface area contributed by atoms with Crippen LogP contribution in [0.25, 0.3) is 0 Å². The van der Waals surface area contributed by atoms with E-state index < -0.39 is 42.3 Å². The first-order valence-corrected chi connectivity index (χ1v) is 13.8. The third kappa shape index (κ3) is 10.3. The summed E-state index contributed by atoms with van der Waals surface area (Å²) in [4.78, 5) is 24.7. The van der Waals surface area contributed by atoms with Crippen molar-refractivity contribution in [2.45, 2.75) is 65.0 Å². The number of nitrogens with one attached hydrogen (secondary N) is 2. The second kappa shape index (κ2) is 17.6. The molecule has 0 radical (unpaired) electrons.